The second-order valence-corrected chi connectivity index (χ2v) is 7.70. The molecule has 3 nitrogen and oxygen atoms in total. The van der Waals surface area contributed by atoms with E-state index in [0.717, 1.165) is 17.7 Å². The summed E-state index contributed by atoms with van der Waals surface area (Å²) in [6.07, 6.45) is -1.44. The Bertz CT molecular complexity index is 891. The van der Waals surface area contributed by atoms with E-state index in [9.17, 15) is 22.4 Å². The Kier molecular flexibility index (Phi) is 6.61. The maximum Gasteiger partial charge on any atom is 0.416 e. The maximum atomic E-state index is 13.1. The summed E-state index contributed by atoms with van der Waals surface area (Å²) in [6.45, 7) is 5.90. The topological polar surface area (TPSA) is 23.6 Å². The molecule has 1 aliphatic heterocycles. The van der Waals surface area contributed by atoms with Crippen LogP contribution < -0.4 is 0 Å². The molecule has 0 N–H and O–H groups in total. The lowest BCUT2D eigenvalue weighted by atomic mass is 10.1. The summed E-state index contributed by atoms with van der Waals surface area (Å²) in [6, 6.07) is 11.2. The predicted molar refractivity (Wildman–Crippen MR) is 108 cm³/mol. The van der Waals surface area contributed by atoms with Gasteiger partial charge in [-0.25, -0.2) is 4.39 Å². The summed E-state index contributed by atoms with van der Waals surface area (Å²) in [7, 11) is 0. The van der Waals surface area contributed by atoms with E-state index >= 15 is 0 Å². The van der Waals surface area contributed by atoms with Crippen molar-refractivity contribution in [3.8, 4) is 0 Å². The first kappa shape index (κ1) is 22.0. The molecule has 1 aliphatic rings. The lowest BCUT2D eigenvalue weighted by Gasteiger charge is -2.44. The Balaban J connectivity index is 1.60. The number of carbonyl (C=O) groups is 1. The molecular weight excluding hydrogens is 396 g/mol. The van der Waals surface area contributed by atoms with Gasteiger partial charge in [0.15, 0.2) is 0 Å². The molecule has 1 saturated heterocycles. The van der Waals surface area contributed by atoms with Gasteiger partial charge in [-0.2, -0.15) is 13.2 Å². The molecule has 2 aromatic carbocycles. The molecule has 0 spiro atoms. The molecule has 160 valence electrons. The molecule has 0 aliphatic carbocycles. The number of amides is 1. The highest BCUT2D eigenvalue weighted by atomic mass is 19.4. The van der Waals surface area contributed by atoms with Gasteiger partial charge >= 0.3 is 6.18 Å². The molecule has 3 rings (SSSR count). The zero-order chi connectivity index (χ0) is 21.9. The van der Waals surface area contributed by atoms with Crippen LogP contribution in [-0.2, 0) is 17.5 Å². The van der Waals surface area contributed by atoms with Gasteiger partial charge in [-0.1, -0.05) is 24.3 Å². The van der Waals surface area contributed by atoms with Crippen molar-refractivity contribution in [1.82, 2.24) is 9.80 Å². The zero-order valence-corrected chi connectivity index (χ0v) is 16.9. The Morgan fingerprint density at radius 1 is 1.00 bits per heavy atom. The fourth-order valence-corrected chi connectivity index (χ4v) is 3.60. The fourth-order valence-electron chi connectivity index (χ4n) is 3.60. The molecule has 1 amide bonds. The van der Waals surface area contributed by atoms with Crippen LogP contribution in [0.4, 0.5) is 17.6 Å². The van der Waals surface area contributed by atoms with E-state index in [1.165, 1.54) is 36.4 Å². The van der Waals surface area contributed by atoms with E-state index in [1.807, 2.05) is 13.8 Å². The minimum atomic E-state index is -4.38. The average Bonchev–Trinajstić information content (AvgIpc) is 2.70. The van der Waals surface area contributed by atoms with Crippen LogP contribution in [0.1, 0.15) is 30.5 Å². The molecule has 0 aromatic heterocycles. The first-order chi connectivity index (χ1) is 14.1. The van der Waals surface area contributed by atoms with E-state index in [2.05, 4.69) is 4.90 Å². The van der Waals surface area contributed by atoms with Crippen LogP contribution in [0.25, 0.3) is 6.08 Å². The van der Waals surface area contributed by atoms with Gasteiger partial charge in [-0.05, 0) is 55.3 Å². The first-order valence-corrected chi connectivity index (χ1v) is 9.78. The maximum absolute atomic E-state index is 13.1. The third-order valence-corrected chi connectivity index (χ3v) is 5.35. The Labute approximate surface area is 173 Å². The molecule has 0 radical (unpaired) electrons. The predicted octanol–water partition coefficient (Wildman–Crippen LogP) is 4.98. The lowest BCUT2D eigenvalue weighted by Crippen LogP contribution is -2.57. The number of benzene rings is 2. The second-order valence-electron chi connectivity index (χ2n) is 7.70. The SMILES string of the molecule is CC1CN(C(=O)/C=C/c2ccc(C(F)(F)F)cc2)C(C)CN1Cc1ccc(F)cc1. The molecule has 2 atom stereocenters. The molecule has 2 unspecified atom stereocenters. The van der Waals surface area contributed by atoms with Crippen molar-refractivity contribution in [1.29, 1.82) is 0 Å². The van der Waals surface area contributed by atoms with Crippen LogP contribution >= 0.6 is 0 Å². The average molecular weight is 420 g/mol. The van der Waals surface area contributed by atoms with Gasteiger partial charge in [0.1, 0.15) is 5.82 Å². The largest absolute Gasteiger partial charge is 0.416 e. The summed E-state index contributed by atoms with van der Waals surface area (Å²) in [5.74, 6) is -0.439. The third kappa shape index (κ3) is 5.48. The van der Waals surface area contributed by atoms with Crippen LogP contribution in [0.2, 0.25) is 0 Å². The first-order valence-electron chi connectivity index (χ1n) is 9.78. The number of piperazine rings is 1. The summed E-state index contributed by atoms with van der Waals surface area (Å²) in [5.41, 5.74) is 0.829. The molecule has 1 fully saturated rings. The molecule has 30 heavy (non-hydrogen) atoms. The van der Waals surface area contributed by atoms with Gasteiger partial charge < -0.3 is 4.90 Å². The number of nitrogens with zero attached hydrogens (tertiary/aromatic N) is 2. The van der Waals surface area contributed by atoms with Crippen LogP contribution in [0.15, 0.2) is 54.6 Å². The van der Waals surface area contributed by atoms with Gasteiger partial charge in [-0.3, -0.25) is 9.69 Å². The van der Waals surface area contributed by atoms with Crippen molar-refractivity contribution in [2.75, 3.05) is 13.1 Å². The standard InChI is InChI=1S/C23H24F4N2O/c1-16-14-29(17(2)13-28(16)15-19-5-10-21(24)11-6-19)22(30)12-7-18-3-8-20(9-4-18)23(25,26)27/h3-12,16-17H,13-15H2,1-2H3/b12-7+. The van der Waals surface area contributed by atoms with E-state index in [0.29, 0.717) is 25.2 Å². The Hall–Kier alpha value is -2.67. The normalized spacial score (nSPS) is 20.7. The van der Waals surface area contributed by atoms with Crippen molar-refractivity contribution in [3.63, 3.8) is 0 Å². The minimum absolute atomic E-state index is 0.0218. The van der Waals surface area contributed by atoms with Crippen LogP contribution in [-0.4, -0.2) is 40.9 Å². The molecule has 0 bridgehead atoms. The number of carbonyl (C=O) groups excluding carboxylic acids is 1. The summed E-state index contributed by atoms with van der Waals surface area (Å²) >= 11 is 0. The van der Waals surface area contributed by atoms with Gasteiger partial charge in [0.25, 0.3) is 0 Å². The number of hydrogen-bond acceptors (Lipinski definition) is 2. The van der Waals surface area contributed by atoms with E-state index in [-0.39, 0.29) is 23.8 Å². The molecule has 1 heterocycles. The Morgan fingerprint density at radius 3 is 2.23 bits per heavy atom. The van der Waals surface area contributed by atoms with Crippen molar-refractivity contribution < 1.29 is 22.4 Å². The molecule has 2 aromatic rings. The summed E-state index contributed by atoms with van der Waals surface area (Å²) in [5, 5.41) is 0. The van der Waals surface area contributed by atoms with E-state index < -0.39 is 11.7 Å². The third-order valence-electron chi connectivity index (χ3n) is 5.35. The zero-order valence-electron chi connectivity index (χ0n) is 16.9. The van der Waals surface area contributed by atoms with Crippen LogP contribution in [0.5, 0.6) is 0 Å². The molecule has 0 saturated carbocycles. The monoisotopic (exact) mass is 420 g/mol. The summed E-state index contributed by atoms with van der Waals surface area (Å²) in [4.78, 5) is 16.7. The molecule has 7 heteroatoms. The molecular formula is C23H24F4N2O. The summed E-state index contributed by atoms with van der Waals surface area (Å²) < 4.78 is 51.0. The number of hydrogen-bond donors (Lipinski definition) is 0. The van der Waals surface area contributed by atoms with Gasteiger partial charge in [0, 0.05) is 37.8 Å². The van der Waals surface area contributed by atoms with Gasteiger partial charge in [-0.15, -0.1) is 0 Å². The minimum Gasteiger partial charge on any atom is -0.334 e. The highest BCUT2D eigenvalue weighted by Crippen LogP contribution is 2.29. The highest BCUT2D eigenvalue weighted by Gasteiger charge is 2.31. The number of halogens is 4. The van der Waals surface area contributed by atoms with Crippen molar-refractivity contribution in [2.45, 2.75) is 38.7 Å². The fraction of sp³-hybridized carbons (Fsp3) is 0.348. The van der Waals surface area contributed by atoms with E-state index in [4.69, 9.17) is 0 Å². The van der Waals surface area contributed by atoms with Crippen molar-refractivity contribution in [2.24, 2.45) is 0 Å². The Morgan fingerprint density at radius 2 is 1.63 bits per heavy atom. The quantitative estimate of drug-likeness (QED) is 0.515. The lowest BCUT2D eigenvalue weighted by molar-refractivity contribution is -0.137. The smallest absolute Gasteiger partial charge is 0.334 e. The van der Waals surface area contributed by atoms with Crippen LogP contribution in [0.3, 0.4) is 0 Å². The number of alkyl halides is 3. The van der Waals surface area contributed by atoms with E-state index in [1.54, 1.807) is 17.0 Å². The highest BCUT2D eigenvalue weighted by molar-refractivity contribution is 5.92. The second kappa shape index (κ2) is 9.00. The van der Waals surface area contributed by atoms with Crippen molar-refractivity contribution >= 4 is 12.0 Å². The van der Waals surface area contributed by atoms with Crippen molar-refractivity contribution in [3.05, 3.63) is 77.1 Å². The van der Waals surface area contributed by atoms with Gasteiger partial charge in [0.2, 0.25) is 5.91 Å². The van der Waals surface area contributed by atoms with Gasteiger partial charge in [0.05, 0.1) is 5.56 Å². The number of rotatable bonds is 4. The van der Waals surface area contributed by atoms with Crippen LogP contribution in [0, 0.1) is 5.82 Å².